The van der Waals surface area contributed by atoms with Gasteiger partial charge in [-0.05, 0) is 43.7 Å². The molecule has 0 bridgehead atoms. The highest BCUT2D eigenvalue weighted by Gasteiger charge is 2.17. The Bertz CT molecular complexity index is 614. The fourth-order valence-electron chi connectivity index (χ4n) is 1.95. The van der Waals surface area contributed by atoms with Gasteiger partial charge in [0, 0.05) is 17.0 Å². The summed E-state index contributed by atoms with van der Waals surface area (Å²) in [5, 5.41) is 4.73. The lowest BCUT2D eigenvalue weighted by molar-refractivity contribution is 0.0941. The first-order valence-corrected chi connectivity index (χ1v) is 7.30. The van der Waals surface area contributed by atoms with Crippen molar-refractivity contribution in [3.63, 3.8) is 0 Å². The monoisotopic (exact) mass is 310 g/mol. The molecule has 0 fully saturated rings. The number of benzene rings is 1. The molecule has 21 heavy (non-hydrogen) atoms. The summed E-state index contributed by atoms with van der Waals surface area (Å²) in [6, 6.07) is 7.11. The number of nitrogens with one attached hydrogen (secondary N) is 1. The molecule has 0 aliphatic carbocycles. The number of carbonyl (C=O) groups is 1. The number of thiophene rings is 1. The van der Waals surface area contributed by atoms with Crippen LogP contribution >= 0.6 is 11.3 Å². The molecule has 1 heterocycles. The largest absolute Gasteiger partial charge is 0.350 e. The number of halogens is 2. The van der Waals surface area contributed by atoms with Crippen LogP contribution in [0.15, 0.2) is 35.7 Å². The van der Waals surface area contributed by atoms with Crippen LogP contribution in [0.1, 0.15) is 21.3 Å². The minimum Gasteiger partial charge on any atom is -0.350 e. The molecule has 1 amide bonds. The predicted molar refractivity (Wildman–Crippen MR) is 79.4 cm³/mol. The molecule has 2 rings (SSSR count). The van der Waals surface area contributed by atoms with Gasteiger partial charge in [0.2, 0.25) is 0 Å². The Balaban J connectivity index is 2.03. The third-order valence-electron chi connectivity index (χ3n) is 3.13. The average Bonchev–Trinajstić information content (AvgIpc) is 2.95. The Morgan fingerprint density at radius 1 is 1.29 bits per heavy atom. The van der Waals surface area contributed by atoms with Crippen LogP contribution in [0.25, 0.3) is 0 Å². The Morgan fingerprint density at radius 2 is 2.05 bits per heavy atom. The second kappa shape index (κ2) is 6.78. The van der Waals surface area contributed by atoms with E-state index in [0.717, 1.165) is 17.0 Å². The van der Waals surface area contributed by atoms with Gasteiger partial charge >= 0.3 is 0 Å². The summed E-state index contributed by atoms with van der Waals surface area (Å²) in [7, 11) is 3.85. The van der Waals surface area contributed by atoms with E-state index in [-0.39, 0.29) is 11.6 Å². The number of hydrogen-bond acceptors (Lipinski definition) is 3. The Labute approximate surface area is 126 Å². The first-order chi connectivity index (χ1) is 9.99. The topological polar surface area (TPSA) is 32.3 Å². The number of likely N-dealkylation sites (N-methyl/N-ethyl adjacent to an activating group) is 1. The number of nitrogens with zero attached hydrogens (tertiary/aromatic N) is 1. The Kier molecular flexibility index (Phi) is 5.03. The number of carbonyl (C=O) groups excluding carboxylic acids is 1. The van der Waals surface area contributed by atoms with E-state index < -0.39 is 17.5 Å². The zero-order valence-electron chi connectivity index (χ0n) is 11.8. The highest BCUT2D eigenvalue weighted by molar-refractivity contribution is 7.10. The summed E-state index contributed by atoms with van der Waals surface area (Å²) < 4.78 is 26.0. The van der Waals surface area contributed by atoms with E-state index in [4.69, 9.17) is 0 Å². The molecule has 1 atom stereocenters. The van der Waals surface area contributed by atoms with Crippen molar-refractivity contribution in [2.24, 2.45) is 0 Å². The molecule has 0 aliphatic heterocycles. The first-order valence-electron chi connectivity index (χ1n) is 6.42. The summed E-state index contributed by atoms with van der Waals surface area (Å²) in [5.74, 6) is -2.40. The minimum atomic E-state index is -1.02. The van der Waals surface area contributed by atoms with Crippen LogP contribution in [-0.4, -0.2) is 31.4 Å². The van der Waals surface area contributed by atoms with E-state index in [1.54, 1.807) is 11.3 Å². The summed E-state index contributed by atoms with van der Waals surface area (Å²) >= 11 is 1.61. The zero-order valence-corrected chi connectivity index (χ0v) is 12.6. The molecular weight excluding hydrogens is 294 g/mol. The van der Waals surface area contributed by atoms with Crippen LogP contribution in [0.5, 0.6) is 0 Å². The second-order valence-electron chi connectivity index (χ2n) is 4.83. The van der Waals surface area contributed by atoms with E-state index in [0.29, 0.717) is 6.54 Å². The molecule has 112 valence electrons. The zero-order chi connectivity index (χ0) is 15.4. The smallest absolute Gasteiger partial charge is 0.251 e. The number of hydrogen-bond donors (Lipinski definition) is 1. The SMILES string of the molecule is CN(C)C(CNC(=O)c1ccc(F)c(F)c1)c1cccs1. The molecule has 0 spiro atoms. The van der Waals surface area contributed by atoms with Crippen LogP contribution in [-0.2, 0) is 0 Å². The van der Waals surface area contributed by atoms with E-state index in [1.165, 1.54) is 6.07 Å². The van der Waals surface area contributed by atoms with Gasteiger partial charge in [-0.3, -0.25) is 4.79 Å². The molecule has 0 radical (unpaired) electrons. The minimum absolute atomic E-state index is 0.0410. The lowest BCUT2D eigenvalue weighted by Crippen LogP contribution is -2.34. The van der Waals surface area contributed by atoms with Gasteiger partial charge in [0.25, 0.3) is 5.91 Å². The summed E-state index contributed by atoms with van der Waals surface area (Å²) in [6.07, 6.45) is 0. The van der Waals surface area contributed by atoms with Gasteiger partial charge in [-0.2, -0.15) is 0 Å². The van der Waals surface area contributed by atoms with Gasteiger partial charge in [-0.15, -0.1) is 11.3 Å². The van der Waals surface area contributed by atoms with Crippen LogP contribution in [0.2, 0.25) is 0 Å². The molecule has 1 unspecified atom stereocenters. The predicted octanol–water partition coefficient (Wildman–Crippen LogP) is 3.06. The summed E-state index contributed by atoms with van der Waals surface area (Å²) in [5.41, 5.74) is 0.109. The van der Waals surface area contributed by atoms with Crippen LogP contribution in [0, 0.1) is 11.6 Å². The van der Waals surface area contributed by atoms with Gasteiger partial charge in [-0.1, -0.05) is 6.07 Å². The van der Waals surface area contributed by atoms with Crippen LogP contribution in [0.3, 0.4) is 0 Å². The second-order valence-corrected chi connectivity index (χ2v) is 5.81. The summed E-state index contributed by atoms with van der Waals surface area (Å²) in [4.78, 5) is 15.1. The fourth-order valence-corrected chi connectivity index (χ4v) is 2.87. The first kappa shape index (κ1) is 15.6. The van der Waals surface area contributed by atoms with Crippen molar-refractivity contribution >= 4 is 17.2 Å². The van der Waals surface area contributed by atoms with Crippen molar-refractivity contribution in [3.8, 4) is 0 Å². The third-order valence-corrected chi connectivity index (χ3v) is 4.11. The molecule has 1 aromatic carbocycles. The maximum absolute atomic E-state index is 13.1. The quantitative estimate of drug-likeness (QED) is 0.920. The molecule has 1 N–H and O–H groups in total. The Morgan fingerprint density at radius 3 is 2.62 bits per heavy atom. The van der Waals surface area contributed by atoms with Gasteiger partial charge in [0.1, 0.15) is 0 Å². The average molecular weight is 310 g/mol. The molecule has 0 saturated carbocycles. The lowest BCUT2D eigenvalue weighted by atomic mass is 10.2. The molecule has 0 aliphatic rings. The third kappa shape index (κ3) is 3.86. The van der Waals surface area contributed by atoms with Crippen molar-refractivity contribution in [1.82, 2.24) is 10.2 Å². The molecule has 1 aromatic heterocycles. The molecular formula is C15H16F2N2OS. The van der Waals surface area contributed by atoms with Gasteiger partial charge in [0.05, 0.1) is 6.04 Å². The highest BCUT2D eigenvalue weighted by atomic mass is 32.1. The normalized spacial score (nSPS) is 12.4. The van der Waals surface area contributed by atoms with Gasteiger partial charge in [0.15, 0.2) is 11.6 Å². The van der Waals surface area contributed by atoms with Crippen LogP contribution in [0.4, 0.5) is 8.78 Å². The lowest BCUT2D eigenvalue weighted by Gasteiger charge is -2.23. The molecule has 0 saturated heterocycles. The van der Waals surface area contributed by atoms with Crippen molar-refractivity contribution < 1.29 is 13.6 Å². The molecule has 3 nitrogen and oxygen atoms in total. The standard InChI is InChI=1S/C15H16F2N2OS/c1-19(2)13(14-4-3-7-21-14)9-18-15(20)10-5-6-11(16)12(17)8-10/h3-8,13H,9H2,1-2H3,(H,18,20). The maximum atomic E-state index is 13.1. The van der Waals surface area contributed by atoms with E-state index >= 15 is 0 Å². The maximum Gasteiger partial charge on any atom is 0.251 e. The van der Waals surface area contributed by atoms with Crippen molar-refractivity contribution in [2.75, 3.05) is 20.6 Å². The van der Waals surface area contributed by atoms with E-state index in [2.05, 4.69) is 5.32 Å². The summed E-state index contributed by atoms with van der Waals surface area (Å²) in [6.45, 7) is 0.394. The fraction of sp³-hybridized carbons (Fsp3) is 0.267. The molecule has 2 aromatic rings. The van der Waals surface area contributed by atoms with Gasteiger partial charge < -0.3 is 10.2 Å². The number of rotatable bonds is 5. The van der Waals surface area contributed by atoms with Crippen molar-refractivity contribution in [3.05, 3.63) is 57.8 Å². The molecule has 6 heteroatoms. The van der Waals surface area contributed by atoms with E-state index in [9.17, 15) is 13.6 Å². The van der Waals surface area contributed by atoms with Crippen molar-refractivity contribution in [1.29, 1.82) is 0 Å². The Hall–Kier alpha value is -1.79. The van der Waals surface area contributed by atoms with Crippen molar-refractivity contribution in [2.45, 2.75) is 6.04 Å². The highest BCUT2D eigenvalue weighted by Crippen LogP contribution is 2.22. The van der Waals surface area contributed by atoms with Gasteiger partial charge in [-0.25, -0.2) is 8.78 Å². The van der Waals surface area contributed by atoms with Crippen LogP contribution < -0.4 is 5.32 Å². The van der Waals surface area contributed by atoms with E-state index in [1.807, 2.05) is 36.5 Å². The number of amides is 1.